The second kappa shape index (κ2) is 9.14. The van der Waals surface area contributed by atoms with Crippen LogP contribution in [0.1, 0.15) is 42.9 Å². The minimum Gasteiger partial charge on any atom is -0.325 e. The number of para-hydroxylation sites is 1. The summed E-state index contributed by atoms with van der Waals surface area (Å²) >= 11 is 1.52. The first-order valence-corrected chi connectivity index (χ1v) is 9.25. The molecule has 0 bridgehead atoms. The average molecular weight is 338 g/mol. The number of benzene rings is 2. The van der Waals surface area contributed by atoms with Crippen molar-refractivity contribution in [2.75, 3.05) is 11.1 Å². The number of nitriles is 1. The van der Waals surface area contributed by atoms with Gasteiger partial charge in [-0.15, -0.1) is 11.8 Å². The standard InChI is InChI=1S/C20H22N2OS/c1-3-15(2)18-10-6-7-11-19(18)22-20(23)14-24-13-17-9-5-4-8-16(17)12-21/h4-11,15H,3,13-14H2,1-2H3,(H,22,23)/t15-/m1/s1. The monoisotopic (exact) mass is 338 g/mol. The predicted octanol–water partition coefficient (Wildman–Crippen LogP) is 4.94. The van der Waals surface area contributed by atoms with Crippen LogP contribution in [-0.2, 0) is 10.5 Å². The van der Waals surface area contributed by atoms with Gasteiger partial charge in [0.2, 0.25) is 5.91 Å². The van der Waals surface area contributed by atoms with Gasteiger partial charge in [-0.2, -0.15) is 5.26 Å². The number of nitrogens with zero attached hydrogens (tertiary/aromatic N) is 1. The van der Waals surface area contributed by atoms with Crippen LogP contribution in [0.3, 0.4) is 0 Å². The molecule has 0 aliphatic carbocycles. The largest absolute Gasteiger partial charge is 0.325 e. The fraction of sp³-hybridized carbons (Fsp3) is 0.300. The molecule has 0 aromatic heterocycles. The van der Waals surface area contributed by atoms with E-state index < -0.39 is 0 Å². The predicted molar refractivity (Wildman–Crippen MR) is 101 cm³/mol. The van der Waals surface area contributed by atoms with Crippen molar-refractivity contribution in [2.45, 2.75) is 31.9 Å². The normalized spacial score (nSPS) is 11.5. The van der Waals surface area contributed by atoms with E-state index in [1.165, 1.54) is 17.3 Å². The van der Waals surface area contributed by atoms with E-state index in [0.29, 0.717) is 23.0 Å². The van der Waals surface area contributed by atoms with E-state index >= 15 is 0 Å². The lowest BCUT2D eigenvalue weighted by Gasteiger charge is -2.15. The molecule has 0 heterocycles. The third-order valence-corrected chi connectivity index (χ3v) is 4.99. The molecule has 4 heteroatoms. The van der Waals surface area contributed by atoms with E-state index in [4.69, 9.17) is 5.26 Å². The number of anilines is 1. The van der Waals surface area contributed by atoms with Crippen molar-refractivity contribution in [3.8, 4) is 6.07 Å². The Labute approximate surface area is 148 Å². The Bertz CT molecular complexity index is 736. The van der Waals surface area contributed by atoms with E-state index in [-0.39, 0.29) is 5.91 Å². The van der Waals surface area contributed by atoms with Crippen LogP contribution in [0, 0.1) is 11.3 Å². The van der Waals surface area contributed by atoms with Crippen molar-refractivity contribution in [3.05, 3.63) is 65.2 Å². The van der Waals surface area contributed by atoms with Gasteiger partial charge >= 0.3 is 0 Å². The number of hydrogen-bond donors (Lipinski definition) is 1. The Balaban J connectivity index is 1.92. The second-order valence-electron chi connectivity index (χ2n) is 5.71. The fourth-order valence-corrected chi connectivity index (χ4v) is 3.29. The number of rotatable bonds is 7. The lowest BCUT2D eigenvalue weighted by molar-refractivity contribution is -0.113. The minimum absolute atomic E-state index is 0.00908. The summed E-state index contributed by atoms with van der Waals surface area (Å²) in [5.74, 6) is 1.43. The Morgan fingerprint density at radius 1 is 1.21 bits per heavy atom. The number of amides is 1. The van der Waals surface area contributed by atoms with E-state index in [2.05, 4.69) is 31.3 Å². The molecule has 124 valence electrons. The van der Waals surface area contributed by atoms with Gasteiger partial charge in [0.25, 0.3) is 0 Å². The molecule has 2 aromatic rings. The summed E-state index contributed by atoms with van der Waals surface area (Å²) in [7, 11) is 0. The molecular weight excluding hydrogens is 316 g/mol. The SMILES string of the molecule is CC[C@@H](C)c1ccccc1NC(=O)CSCc1ccccc1C#N. The highest BCUT2D eigenvalue weighted by Crippen LogP contribution is 2.26. The van der Waals surface area contributed by atoms with Crippen LogP contribution >= 0.6 is 11.8 Å². The van der Waals surface area contributed by atoms with Gasteiger partial charge in [0.1, 0.15) is 0 Å². The summed E-state index contributed by atoms with van der Waals surface area (Å²) in [6.45, 7) is 4.31. The zero-order chi connectivity index (χ0) is 17.4. The van der Waals surface area contributed by atoms with Crippen LogP contribution in [0.25, 0.3) is 0 Å². The van der Waals surface area contributed by atoms with Crippen LogP contribution in [0.5, 0.6) is 0 Å². The molecule has 0 aliphatic rings. The highest BCUT2D eigenvalue weighted by molar-refractivity contribution is 7.99. The van der Waals surface area contributed by atoms with Gasteiger partial charge < -0.3 is 5.32 Å². The Hall–Kier alpha value is -2.25. The highest BCUT2D eigenvalue weighted by atomic mass is 32.2. The molecular formula is C20H22N2OS. The van der Waals surface area contributed by atoms with Crippen LogP contribution < -0.4 is 5.32 Å². The molecule has 0 saturated heterocycles. The first kappa shape index (κ1) is 18.1. The molecule has 2 aromatic carbocycles. The summed E-state index contributed by atoms with van der Waals surface area (Å²) in [5.41, 5.74) is 3.72. The van der Waals surface area contributed by atoms with Crippen LogP contribution in [-0.4, -0.2) is 11.7 Å². The molecule has 24 heavy (non-hydrogen) atoms. The van der Waals surface area contributed by atoms with Crippen LogP contribution in [0.15, 0.2) is 48.5 Å². The van der Waals surface area contributed by atoms with Crippen molar-refractivity contribution in [1.82, 2.24) is 0 Å². The Kier molecular flexibility index (Phi) is 6.89. The first-order chi connectivity index (χ1) is 11.7. The molecule has 1 N–H and O–H groups in total. The number of hydrogen-bond acceptors (Lipinski definition) is 3. The van der Waals surface area contributed by atoms with Gasteiger partial charge in [-0.05, 0) is 35.6 Å². The molecule has 1 atom stereocenters. The van der Waals surface area contributed by atoms with Crippen LogP contribution in [0.2, 0.25) is 0 Å². The lowest BCUT2D eigenvalue weighted by Crippen LogP contribution is -2.16. The van der Waals surface area contributed by atoms with Crippen molar-refractivity contribution in [3.63, 3.8) is 0 Å². The zero-order valence-electron chi connectivity index (χ0n) is 14.1. The second-order valence-corrected chi connectivity index (χ2v) is 6.69. The smallest absolute Gasteiger partial charge is 0.234 e. The molecule has 0 radical (unpaired) electrons. The van der Waals surface area contributed by atoms with Gasteiger partial charge in [0, 0.05) is 11.4 Å². The molecule has 0 aliphatic heterocycles. The summed E-state index contributed by atoms with van der Waals surface area (Å²) in [6.07, 6.45) is 1.03. The maximum absolute atomic E-state index is 12.2. The van der Waals surface area contributed by atoms with Crippen molar-refractivity contribution >= 4 is 23.4 Å². The van der Waals surface area contributed by atoms with Gasteiger partial charge in [0.05, 0.1) is 17.4 Å². The van der Waals surface area contributed by atoms with Crippen molar-refractivity contribution in [2.24, 2.45) is 0 Å². The van der Waals surface area contributed by atoms with Gasteiger partial charge in [-0.3, -0.25) is 4.79 Å². The van der Waals surface area contributed by atoms with Crippen molar-refractivity contribution < 1.29 is 4.79 Å². The molecule has 0 spiro atoms. The van der Waals surface area contributed by atoms with E-state index in [0.717, 1.165) is 17.7 Å². The number of carbonyl (C=O) groups is 1. The zero-order valence-corrected chi connectivity index (χ0v) is 14.9. The maximum atomic E-state index is 12.2. The third kappa shape index (κ3) is 4.87. The van der Waals surface area contributed by atoms with E-state index in [1.807, 2.05) is 36.4 Å². The Morgan fingerprint density at radius 3 is 2.67 bits per heavy atom. The molecule has 0 unspecified atom stereocenters. The van der Waals surface area contributed by atoms with E-state index in [9.17, 15) is 4.79 Å². The molecule has 0 saturated carbocycles. The first-order valence-electron chi connectivity index (χ1n) is 8.10. The van der Waals surface area contributed by atoms with Crippen LogP contribution in [0.4, 0.5) is 5.69 Å². The summed E-state index contributed by atoms with van der Waals surface area (Å²) < 4.78 is 0. The highest BCUT2D eigenvalue weighted by Gasteiger charge is 2.11. The summed E-state index contributed by atoms with van der Waals surface area (Å²) in [6, 6.07) is 17.7. The molecule has 3 nitrogen and oxygen atoms in total. The third-order valence-electron chi connectivity index (χ3n) is 4.01. The molecule has 2 rings (SSSR count). The number of nitrogens with one attached hydrogen (secondary N) is 1. The molecule has 1 amide bonds. The fourth-order valence-electron chi connectivity index (χ4n) is 2.46. The summed E-state index contributed by atoms with van der Waals surface area (Å²) in [5, 5.41) is 12.1. The van der Waals surface area contributed by atoms with Crippen molar-refractivity contribution in [1.29, 1.82) is 5.26 Å². The summed E-state index contributed by atoms with van der Waals surface area (Å²) in [4.78, 5) is 12.2. The Morgan fingerprint density at radius 2 is 1.92 bits per heavy atom. The lowest BCUT2D eigenvalue weighted by atomic mass is 9.97. The topological polar surface area (TPSA) is 52.9 Å². The quantitative estimate of drug-likeness (QED) is 0.777. The number of thioether (sulfide) groups is 1. The van der Waals surface area contributed by atoms with Gasteiger partial charge in [-0.25, -0.2) is 0 Å². The maximum Gasteiger partial charge on any atom is 0.234 e. The number of carbonyl (C=O) groups excluding carboxylic acids is 1. The van der Waals surface area contributed by atoms with E-state index in [1.54, 1.807) is 6.07 Å². The van der Waals surface area contributed by atoms with Gasteiger partial charge in [0.15, 0.2) is 0 Å². The average Bonchev–Trinajstić information content (AvgIpc) is 2.62. The minimum atomic E-state index is -0.00908. The molecule has 0 fully saturated rings. The van der Waals surface area contributed by atoms with Gasteiger partial charge in [-0.1, -0.05) is 50.2 Å².